The van der Waals surface area contributed by atoms with Crippen molar-refractivity contribution in [2.75, 3.05) is 13.2 Å². The van der Waals surface area contributed by atoms with Crippen molar-refractivity contribution in [3.63, 3.8) is 0 Å². The summed E-state index contributed by atoms with van der Waals surface area (Å²) in [4.78, 5) is 0. The zero-order valence-electron chi connectivity index (χ0n) is 12.5. The smallest absolute Gasteiger partial charge is 0.123 e. The highest BCUT2D eigenvalue weighted by Gasteiger charge is 2.15. The molecular weight excluding hydrogens is 222 g/mol. The van der Waals surface area contributed by atoms with Gasteiger partial charge in [0.05, 0.1) is 6.61 Å². The maximum Gasteiger partial charge on any atom is 0.123 e. The maximum absolute atomic E-state index is 5.81. The summed E-state index contributed by atoms with van der Waals surface area (Å²) < 4.78 is 5.81. The minimum absolute atomic E-state index is 0.185. The topological polar surface area (TPSA) is 21.3 Å². The minimum atomic E-state index is 0.185. The Labute approximate surface area is 112 Å². The molecule has 2 nitrogen and oxygen atoms in total. The maximum atomic E-state index is 5.81. The molecule has 0 spiro atoms. The molecule has 0 radical (unpaired) electrons. The van der Waals surface area contributed by atoms with Gasteiger partial charge in [0.1, 0.15) is 5.75 Å². The Kier molecular flexibility index (Phi) is 5.67. The molecule has 0 aromatic heterocycles. The Hall–Kier alpha value is -1.02. The van der Waals surface area contributed by atoms with Crippen molar-refractivity contribution in [1.82, 2.24) is 5.32 Å². The zero-order valence-corrected chi connectivity index (χ0v) is 12.5. The van der Waals surface area contributed by atoms with E-state index in [0.717, 1.165) is 31.9 Å². The van der Waals surface area contributed by atoms with Gasteiger partial charge in [0, 0.05) is 12.1 Å². The third-order valence-electron chi connectivity index (χ3n) is 2.95. The van der Waals surface area contributed by atoms with E-state index in [-0.39, 0.29) is 5.41 Å². The lowest BCUT2D eigenvalue weighted by molar-refractivity contribution is 0.313. The monoisotopic (exact) mass is 249 g/mol. The van der Waals surface area contributed by atoms with Gasteiger partial charge < -0.3 is 10.1 Å². The van der Waals surface area contributed by atoms with Gasteiger partial charge in [-0.15, -0.1) is 0 Å². The Morgan fingerprint density at radius 1 is 1.17 bits per heavy atom. The molecule has 102 valence electrons. The second-order valence-corrected chi connectivity index (χ2v) is 5.70. The largest absolute Gasteiger partial charge is 0.493 e. The van der Waals surface area contributed by atoms with Crippen LogP contribution in [-0.4, -0.2) is 13.2 Å². The SMILES string of the molecule is CCCOc1ccc(C(C)(C)C)cc1CNCC. The van der Waals surface area contributed by atoms with Crippen molar-refractivity contribution in [2.24, 2.45) is 0 Å². The van der Waals surface area contributed by atoms with Gasteiger partial charge >= 0.3 is 0 Å². The highest BCUT2D eigenvalue weighted by molar-refractivity contribution is 5.39. The first kappa shape index (κ1) is 15.0. The molecule has 0 fully saturated rings. The van der Waals surface area contributed by atoms with E-state index in [0.29, 0.717) is 0 Å². The molecule has 0 aliphatic rings. The third-order valence-corrected chi connectivity index (χ3v) is 2.95. The molecule has 1 aromatic rings. The van der Waals surface area contributed by atoms with Crippen LogP contribution in [-0.2, 0) is 12.0 Å². The van der Waals surface area contributed by atoms with Crippen LogP contribution >= 0.6 is 0 Å². The second kappa shape index (κ2) is 6.79. The molecule has 1 N–H and O–H groups in total. The van der Waals surface area contributed by atoms with E-state index in [1.807, 2.05) is 0 Å². The molecule has 0 atom stereocenters. The van der Waals surface area contributed by atoms with E-state index >= 15 is 0 Å². The Bertz CT molecular complexity index is 366. The van der Waals surface area contributed by atoms with Gasteiger partial charge in [-0.1, -0.05) is 46.8 Å². The Morgan fingerprint density at radius 3 is 2.44 bits per heavy atom. The first-order valence-electron chi connectivity index (χ1n) is 6.96. The highest BCUT2D eigenvalue weighted by Crippen LogP contribution is 2.28. The van der Waals surface area contributed by atoms with E-state index in [9.17, 15) is 0 Å². The van der Waals surface area contributed by atoms with Crippen molar-refractivity contribution >= 4 is 0 Å². The Balaban J connectivity index is 2.96. The van der Waals surface area contributed by atoms with Crippen LogP contribution in [0.2, 0.25) is 0 Å². The van der Waals surface area contributed by atoms with Gasteiger partial charge in [-0.3, -0.25) is 0 Å². The lowest BCUT2D eigenvalue weighted by Gasteiger charge is -2.21. The molecule has 0 heterocycles. The van der Waals surface area contributed by atoms with Crippen LogP contribution in [0.15, 0.2) is 18.2 Å². The van der Waals surface area contributed by atoms with Crippen molar-refractivity contribution in [3.8, 4) is 5.75 Å². The van der Waals surface area contributed by atoms with Crippen molar-refractivity contribution < 1.29 is 4.74 Å². The molecule has 2 heteroatoms. The first-order valence-corrected chi connectivity index (χ1v) is 6.96. The van der Waals surface area contributed by atoms with Crippen molar-refractivity contribution in [2.45, 2.75) is 53.0 Å². The van der Waals surface area contributed by atoms with Gasteiger partial charge in [-0.2, -0.15) is 0 Å². The molecule has 0 bridgehead atoms. The summed E-state index contributed by atoms with van der Waals surface area (Å²) in [6, 6.07) is 6.57. The van der Waals surface area contributed by atoms with E-state index in [2.05, 4.69) is 58.1 Å². The predicted molar refractivity (Wildman–Crippen MR) is 78.3 cm³/mol. The fraction of sp³-hybridized carbons (Fsp3) is 0.625. The van der Waals surface area contributed by atoms with Crippen LogP contribution in [0.3, 0.4) is 0 Å². The number of benzene rings is 1. The van der Waals surface area contributed by atoms with Crippen LogP contribution < -0.4 is 10.1 Å². The molecular formula is C16H27NO. The summed E-state index contributed by atoms with van der Waals surface area (Å²) in [7, 11) is 0. The standard InChI is InChI=1S/C16H27NO/c1-6-10-18-15-9-8-14(16(3,4)5)11-13(15)12-17-7-2/h8-9,11,17H,6-7,10,12H2,1-5H3. The lowest BCUT2D eigenvalue weighted by Crippen LogP contribution is -2.16. The van der Waals surface area contributed by atoms with E-state index in [1.54, 1.807) is 0 Å². The molecule has 1 rings (SSSR count). The fourth-order valence-corrected chi connectivity index (χ4v) is 1.80. The normalized spacial score (nSPS) is 11.6. The molecule has 0 unspecified atom stereocenters. The summed E-state index contributed by atoms with van der Waals surface area (Å²) in [6.07, 6.45) is 1.04. The van der Waals surface area contributed by atoms with Crippen LogP contribution in [0.25, 0.3) is 0 Å². The molecule has 0 saturated carbocycles. The number of rotatable bonds is 6. The summed E-state index contributed by atoms with van der Waals surface area (Å²) in [5, 5.41) is 3.38. The minimum Gasteiger partial charge on any atom is -0.493 e. The number of nitrogens with one attached hydrogen (secondary N) is 1. The van der Waals surface area contributed by atoms with Gasteiger partial charge in [0.15, 0.2) is 0 Å². The van der Waals surface area contributed by atoms with E-state index in [1.165, 1.54) is 11.1 Å². The summed E-state index contributed by atoms with van der Waals surface area (Å²) in [5.74, 6) is 1.02. The number of hydrogen-bond donors (Lipinski definition) is 1. The average molecular weight is 249 g/mol. The molecule has 18 heavy (non-hydrogen) atoms. The quantitative estimate of drug-likeness (QED) is 0.826. The predicted octanol–water partition coefficient (Wildman–Crippen LogP) is 3.88. The van der Waals surface area contributed by atoms with Crippen molar-refractivity contribution in [3.05, 3.63) is 29.3 Å². The lowest BCUT2D eigenvalue weighted by atomic mass is 9.86. The van der Waals surface area contributed by atoms with Gasteiger partial charge in [-0.05, 0) is 30.0 Å². The number of ether oxygens (including phenoxy) is 1. The van der Waals surface area contributed by atoms with Crippen LogP contribution in [0, 0.1) is 0 Å². The summed E-state index contributed by atoms with van der Waals surface area (Å²) >= 11 is 0. The first-order chi connectivity index (χ1) is 8.49. The molecule has 0 amide bonds. The Morgan fingerprint density at radius 2 is 1.89 bits per heavy atom. The molecule has 0 aliphatic carbocycles. The second-order valence-electron chi connectivity index (χ2n) is 5.70. The van der Waals surface area contributed by atoms with Gasteiger partial charge in [0.25, 0.3) is 0 Å². The summed E-state index contributed by atoms with van der Waals surface area (Å²) in [6.45, 7) is 13.6. The molecule has 1 aromatic carbocycles. The van der Waals surface area contributed by atoms with Gasteiger partial charge in [-0.25, -0.2) is 0 Å². The summed E-state index contributed by atoms with van der Waals surface area (Å²) in [5.41, 5.74) is 2.81. The van der Waals surface area contributed by atoms with Crippen LogP contribution in [0.5, 0.6) is 5.75 Å². The van der Waals surface area contributed by atoms with Crippen LogP contribution in [0.1, 0.15) is 52.2 Å². The third kappa shape index (κ3) is 4.34. The average Bonchev–Trinajstić information content (AvgIpc) is 2.33. The van der Waals surface area contributed by atoms with E-state index < -0.39 is 0 Å². The van der Waals surface area contributed by atoms with Gasteiger partial charge in [0.2, 0.25) is 0 Å². The highest BCUT2D eigenvalue weighted by atomic mass is 16.5. The van der Waals surface area contributed by atoms with E-state index in [4.69, 9.17) is 4.74 Å². The van der Waals surface area contributed by atoms with Crippen LogP contribution in [0.4, 0.5) is 0 Å². The molecule has 0 saturated heterocycles. The molecule has 0 aliphatic heterocycles. The number of hydrogen-bond acceptors (Lipinski definition) is 2. The zero-order chi connectivity index (χ0) is 13.6. The van der Waals surface area contributed by atoms with Crippen molar-refractivity contribution in [1.29, 1.82) is 0 Å². The fourth-order valence-electron chi connectivity index (χ4n) is 1.80.